The predicted octanol–water partition coefficient (Wildman–Crippen LogP) is 1.09. The molecule has 0 aromatic heterocycles. The Bertz CT molecular complexity index is 147. The largest absolute Gasteiger partial charge is 0.376 e. The van der Waals surface area contributed by atoms with E-state index in [4.69, 9.17) is 4.74 Å². The molecule has 0 saturated carbocycles. The van der Waals surface area contributed by atoms with Gasteiger partial charge in [0.15, 0.2) is 0 Å². The summed E-state index contributed by atoms with van der Waals surface area (Å²) in [6, 6.07) is 0.271. The number of rotatable bonds is 2. The molecule has 2 atom stereocenters. The number of nitrogens with zero attached hydrogens (tertiary/aromatic N) is 3. The van der Waals surface area contributed by atoms with Crippen molar-refractivity contribution in [1.82, 2.24) is 5.01 Å². The fraction of sp³-hybridized carbons (Fsp3) is 1.00. The van der Waals surface area contributed by atoms with Crippen LogP contribution in [-0.4, -0.2) is 37.9 Å². The van der Waals surface area contributed by atoms with E-state index >= 15 is 0 Å². The monoisotopic (exact) mass is 157 g/mol. The summed E-state index contributed by atoms with van der Waals surface area (Å²) >= 11 is 0. The van der Waals surface area contributed by atoms with E-state index in [2.05, 4.69) is 17.3 Å². The van der Waals surface area contributed by atoms with Crippen LogP contribution in [0.25, 0.3) is 0 Å². The summed E-state index contributed by atoms with van der Waals surface area (Å²) in [6.07, 6.45) is 1.35. The van der Waals surface area contributed by atoms with Gasteiger partial charge in [-0.2, -0.15) is 5.11 Å². The normalized spacial score (nSPS) is 31.5. The summed E-state index contributed by atoms with van der Waals surface area (Å²) in [4.78, 5) is 0. The molecule has 1 aliphatic heterocycles. The van der Waals surface area contributed by atoms with Crippen molar-refractivity contribution < 1.29 is 4.74 Å². The minimum atomic E-state index is 0.271. The minimum absolute atomic E-state index is 0.271. The van der Waals surface area contributed by atoms with Gasteiger partial charge < -0.3 is 4.74 Å². The third kappa shape index (κ3) is 2.84. The highest BCUT2D eigenvalue weighted by atomic mass is 16.5. The molecule has 1 heterocycles. The molecule has 1 aliphatic rings. The van der Waals surface area contributed by atoms with Crippen LogP contribution in [0.5, 0.6) is 0 Å². The lowest BCUT2D eigenvalue weighted by atomic mass is 10.2. The van der Waals surface area contributed by atoms with Crippen molar-refractivity contribution in [3.05, 3.63) is 0 Å². The first-order valence-electron chi connectivity index (χ1n) is 3.88. The van der Waals surface area contributed by atoms with Gasteiger partial charge in [0, 0.05) is 14.1 Å². The molecular weight excluding hydrogens is 142 g/mol. The molecule has 0 radical (unpaired) electrons. The Morgan fingerprint density at radius 3 is 2.64 bits per heavy atom. The number of ether oxygens (including phenoxy) is 1. The molecule has 0 aromatic carbocycles. The first-order chi connectivity index (χ1) is 5.18. The van der Waals surface area contributed by atoms with E-state index in [1.54, 1.807) is 5.01 Å². The fourth-order valence-electron chi connectivity index (χ4n) is 1.05. The average molecular weight is 157 g/mol. The van der Waals surface area contributed by atoms with Crippen molar-refractivity contribution in [2.45, 2.75) is 25.5 Å². The van der Waals surface area contributed by atoms with Crippen LogP contribution in [0.1, 0.15) is 13.3 Å². The maximum atomic E-state index is 5.33. The van der Waals surface area contributed by atoms with Crippen LogP contribution in [0, 0.1) is 0 Å². The molecule has 4 heteroatoms. The van der Waals surface area contributed by atoms with Crippen LogP contribution in [0.4, 0.5) is 0 Å². The van der Waals surface area contributed by atoms with Crippen molar-refractivity contribution in [1.29, 1.82) is 0 Å². The smallest absolute Gasteiger partial charge is 0.0987 e. The molecule has 0 aromatic rings. The van der Waals surface area contributed by atoms with E-state index in [1.165, 1.54) is 0 Å². The fourth-order valence-corrected chi connectivity index (χ4v) is 1.05. The molecule has 0 bridgehead atoms. The molecule has 0 spiro atoms. The van der Waals surface area contributed by atoms with Gasteiger partial charge in [0.2, 0.25) is 0 Å². The van der Waals surface area contributed by atoms with Gasteiger partial charge in [-0.3, -0.25) is 5.01 Å². The number of hydrogen-bond acceptors (Lipinski definition) is 3. The Labute approximate surface area is 67.2 Å². The van der Waals surface area contributed by atoms with Gasteiger partial charge in [0.1, 0.15) is 0 Å². The average Bonchev–Trinajstić information content (AvgIpc) is 2.31. The molecule has 1 saturated heterocycles. The summed E-state index contributed by atoms with van der Waals surface area (Å²) in [5.74, 6) is 0. The quantitative estimate of drug-likeness (QED) is 0.444. The lowest BCUT2D eigenvalue weighted by Gasteiger charge is -2.02. The van der Waals surface area contributed by atoms with Crippen LogP contribution in [0.2, 0.25) is 0 Å². The van der Waals surface area contributed by atoms with Crippen molar-refractivity contribution in [3.63, 3.8) is 0 Å². The molecule has 0 aliphatic carbocycles. The zero-order valence-electron chi connectivity index (χ0n) is 7.32. The zero-order valence-corrected chi connectivity index (χ0v) is 7.32. The highest BCUT2D eigenvalue weighted by molar-refractivity contribution is 4.74. The molecule has 4 nitrogen and oxygen atoms in total. The summed E-state index contributed by atoms with van der Waals surface area (Å²) in [5, 5.41) is 9.72. The summed E-state index contributed by atoms with van der Waals surface area (Å²) in [7, 11) is 3.73. The van der Waals surface area contributed by atoms with Gasteiger partial charge in [0.25, 0.3) is 0 Å². The second kappa shape index (κ2) is 3.67. The molecule has 2 unspecified atom stereocenters. The van der Waals surface area contributed by atoms with Crippen molar-refractivity contribution in [3.8, 4) is 0 Å². The van der Waals surface area contributed by atoms with Crippen molar-refractivity contribution in [2.75, 3.05) is 20.7 Å². The second-order valence-corrected chi connectivity index (χ2v) is 3.09. The Hall–Kier alpha value is -0.640. The molecular formula is C7H15N3O. The molecule has 64 valence electrons. The van der Waals surface area contributed by atoms with Gasteiger partial charge >= 0.3 is 0 Å². The summed E-state index contributed by atoms with van der Waals surface area (Å²) < 4.78 is 5.33. The van der Waals surface area contributed by atoms with E-state index in [0.717, 1.165) is 13.0 Å². The number of hydrogen-bond donors (Lipinski definition) is 0. The highest BCUT2D eigenvalue weighted by Crippen LogP contribution is 2.15. The molecule has 11 heavy (non-hydrogen) atoms. The Morgan fingerprint density at radius 1 is 1.45 bits per heavy atom. The second-order valence-electron chi connectivity index (χ2n) is 3.09. The highest BCUT2D eigenvalue weighted by Gasteiger charge is 2.21. The minimum Gasteiger partial charge on any atom is -0.376 e. The van der Waals surface area contributed by atoms with Gasteiger partial charge in [0.05, 0.1) is 18.8 Å². The Morgan fingerprint density at radius 2 is 2.18 bits per heavy atom. The standard InChI is InChI=1S/C7H15N3O/c1-6-4-7(5-11-6)8-9-10(2)3/h6-7H,4-5H2,1-3H3. The zero-order chi connectivity index (χ0) is 8.27. The maximum Gasteiger partial charge on any atom is 0.0987 e. The molecule has 0 N–H and O–H groups in total. The van der Waals surface area contributed by atoms with Gasteiger partial charge in [-0.15, -0.1) is 0 Å². The first-order valence-corrected chi connectivity index (χ1v) is 3.88. The Balaban J connectivity index is 2.28. The third-order valence-electron chi connectivity index (χ3n) is 1.57. The third-order valence-corrected chi connectivity index (χ3v) is 1.57. The van der Waals surface area contributed by atoms with E-state index in [0.29, 0.717) is 6.10 Å². The van der Waals surface area contributed by atoms with Gasteiger partial charge in [-0.05, 0) is 13.3 Å². The Kier molecular flexibility index (Phi) is 2.82. The van der Waals surface area contributed by atoms with Crippen molar-refractivity contribution >= 4 is 0 Å². The van der Waals surface area contributed by atoms with Crippen LogP contribution in [0.15, 0.2) is 10.3 Å². The maximum absolute atomic E-state index is 5.33. The first kappa shape index (κ1) is 8.46. The van der Waals surface area contributed by atoms with Crippen LogP contribution >= 0.6 is 0 Å². The predicted molar refractivity (Wildman–Crippen MR) is 42.4 cm³/mol. The van der Waals surface area contributed by atoms with Gasteiger partial charge in [-0.25, -0.2) is 0 Å². The topological polar surface area (TPSA) is 37.2 Å². The lowest BCUT2D eigenvalue weighted by molar-refractivity contribution is 0.123. The van der Waals surface area contributed by atoms with Crippen molar-refractivity contribution in [2.24, 2.45) is 10.3 Å². The SMILES string of the molecule is CC1CC(N=NN(C)C)CO1. The lowest BCUT2D eigenvalue weighted by Crippen LogP contribution is -2.06. The van der Waals surface area contributed by atoms with Crippen LogP contribution in [-0.2, 0) is 4.74 Å². The molecule has 1 rings (SSSR count). The van der Waals surface area contributed by atoms with Gasteiger partial charge in [-0.1, -0.05) is 5.22 Å². The van der Waals surface area contributed by atoms with Crippen LogP contribution in [0.3, 0.4) is 0 Å². The van der Waals surface area contributed by atoms with E-state index in [9.17, 15) is 0 Å². The van der Waals surface area contributed by atoms with Crippen LogP contribution < -0.4 is 0 Å². The molecule has 1 fully saturated rings. The van der Waals surface area contributed by atoms with E-state index < -0.39 is 0 Å². The summed E-state index contributed by atoms with van der Waals surface area (Å²) in [6.45, 7) is 2.78. The van der Waals surface area contributed by atoms with E-state index in [-0.39, 0.29) is 6.04 Å². The van der Waals surface area contributed by atoms with E-state index in [1.807, 2.05) is 14.1 Å². The molecule has 0 amide bonds. The summed E-state index contributed by atoms with van der Waals surface area (Å²) in [5.41, 5.74) is 0.